The van der Waals surface area contributed by atoms with Crippen LogP contribution in [0.5, 0.6) is 0 Å². The van der Waals surface area contributed by atoms with Gasteiger partial charge in [0.15, 0.2) is 21.3 Å². The van der Waals surface area contributed by atoms with Gasteiger partial charge in [0, 0.05) is 18.0 Å². The molecule has 8 heteroatoms. The van der Waals surface area contributed by atoms with Gasteiger partial charge in [-0.2, -0.15) is 0 Å². The lowest BCUT2D eigenvalue weighted by molar-refractivity contribution is 0.101. The van der Waals surface area contributed by atoms with Gasteiger partial charge in [0.2, 0.25) is 0 Å². The van der Waals surface area contributed by atoms with Gasteiger partial charge in [0.05, 0.1) is 9.77 Å². The Hall–Kier alpha value is -2.45. The maximum absolute atomic E-state index is 12.2. The Kier molecular flexibility index (Phi) is 4.01. The number of sulfone groups is 1. The van der Waals surface area contributed by atoms with Gasteiger partial charge >= 0.3 is 0 Å². The Bertz CT molecular complexity index is 944. The quantitative estimate of drug-likeness (QED) is 0.783. The van der Waals surface area contributed by atoms with E-state index < -0.39 is 15.7 Å². The number of nitrogens with one attached hydrogen (secondary N) is 1. The summed E-state index contributed by atoms with van der Waals surface area (Å²) >= 11 is 1.48. The van der Waals surface area contributed by atoms with Crippen LogP contribution < -0.4 is 5.32 Å². The summed E-state index contributed by atoms with van der Waals surface area (Å²) in [5.74, 6) is 0.0391. The second-order valence-electron chi connectivity index (χ2n) is 4.81. The van der Waals surface area contributed by atoms with Gasteiger partial charge in [-0.25, -0.2) is 8.42 Å². The first-order valence-electron chi connectivity index (χ1n) is 6.55. The zero-order valence-electron chi connectivity index (χ0n) is 12.0. The molecule has 2 heterocycles. The fourth-order valence-corrected chi connectivity index (χ4v) is 3.26. The highest BCUT2D eigenvalue weighted by Crippen LogP contribution is 2.25. The fraction of sp³-hybridized carbons (Fsp3) is 0.0667. The van der Waals surface area contributed by atoms with E-state index in [9.17, 15) is 13.2 Å². The van der Waals surface area contributed by atoms with Gasteiger partial charge in [-0.1, -0.05) is 17.3 Å². The second kappa shape index (κ2) is 5.98. The van der Waals surface area contributed by atoms with Crippen molar-refractivity contribution in [2.45, 2.75) is 4.90 Å². The zero-order chi connectivity index (χ0) is 16.4. The van der Waals surface area contributed by atoms with E-state index in [-0.39, 0.29) is 10.6 Å². The van der Waals surface area contributed by atoms with Crippen LogP contribution in [0.2, 0.25) is 0 Å². The number of amides is 1. The fourth-order valence-electron chi connectivity index (χ4n) is 1.92. The van der Waals surface area contributed by atoms with Crippen LogP contribution in [0.1, 0.15) is 10.5 Å². The molecule has 3 aromatic rings. The lowest BCUT2D eigenvalue weighted by Crippen LogP contribution is -2.12. The van der Waals surface area contributed by atoms with E-state index in [1.54, 1.807) is 18.2 Å². The van der Waals surface area contributed by atoms with E-state index in [0.717, 1.165) is 11.1 Å². The molecule has 1 N–H and O–H groups in total. The highest BCUT2D eigenvalue weighted by Gasteiger charge is 2.15. The van der Waals surface area contributed by atoms with E-state index in [1.807, 2.05) is 17.5 Å². The maximum atomic E-state index is 12.2. The number of thiophene rings is 1. The van der Waals surface area contributed by atoms with Crippen LogP contribution in [0.4, 0.5) is 5.69 Å². The molecule has 0 saturated carbocycles. The van der Waals surface area contributed by atoms with Gasteiger partial charge in [-0.3, -0.25) is 4.79 Å². The minimum absolute atomic E-state index is 0.123. The molecular formula is C15H12N2O4S2. The molecule has 0 bridgehead atoms. The van der Waals surface area contributed by atoms with Crippen molar-refractivity contribution >= 4 is 32.8 Å². The monoisotopic (exact) mass is 348 g/mol. The Labute approximate surface area is 136 Å². The lowest BCUT2D eigenvalue weighted by Gasteiger charge is -2.04. The summed E-state index contributed by atoms with van der Waals surface area (Å²) in [6.07, 6.45) is 1.11. The Morgan fingerprint density at radius 3 is 2.74 bits per heavy atom. The number of hydrogen-bond acceptors (Lipinski definition) is 6. The normalized spacial score (nSPS) is 11.3. The molecule has 2 aromatic heterocycles. The van der Waals surface area contributed by atoms with Gasteiger partial charge in [0.1, 0.15) is 0 Å². The number of aromatic nitrogens is 1. The smallest absolute Gasteiger partial charge is 0.277 e. The van der Waals surface area contributed by atoms with Crippen LogP contribution in [-0.2, 0) is 9.84 Å². The van der Waals surface area contributed by atoms with Crippen molar-refractivity contribution in [3.63, 3.8) is 0 Å². The van der Waals surface area contributed by atoms with Crippen LogP contribution in [0.15, 0.2) is 57.3 Å². The van der Waals surface area contributed by atoms with E-state index >= 15 is 0 Å². The van der Waals surface area contributed by atoms with Crippen LogP contribution >= 0.6 is 11.3 Å². The largest absolute Gasteiger partial charge is 0.355 e. The van der Waals surface area contributed by atoms with E-state index in [1.165, 1.54) is 23.5 Å². The molecule has 0 atom stereocenters. The van der Waals surface area contributed by atoms with Gasteiger partial charge < -0.3 is 9.84 Å². The highest BCUT2D eigenvalue weighted by molar-refractivity contribution is 7.90. The minimum Gasteiger partial charge on any atom is -0.355 e. The Morgan fingerprint density at radius 2 is 2.04 bits per heavy atom. The van der Waals surface area contributed by atoms with Crippen molar-refractivity contribution < 1.29 is 17.7 Å². The molecule has 0 fully saturated rings. The molecule has 0 aliphatic carbocycles. The first kappa shape index (κ1) is 15.4. The predicted octanol–water partition coefficient (Wildman–Crippen LogP) is 3.06. The second-order valence-corrected chi connectivity index (χ2v) is 7.77. The zero-order valence-corrected chi connectivity index (χ0v) is 13.6. The third-order valence-corrected chi connectivity index (χ3v) is 5.02. The molecule has 0 spiro atoms. The van der Waals surface area contributed by atoms with E-state index in [4.69, 9.17) is 4.52 Å². The topological polar surface area (TPSA) is 89.3 Å². The third-order valence-electron chi connectivity index (χ3n) is 3.03. The van der Waals surface area contributed by atoms with Crippen LogP contribution in [0.25, 0.3) is 10.6 Å². The first-order valence-corrected chi connectivity index (χ1v) is 9.33. The van der Waals surface area contributed by atoms with Crippen molar-refractivity contribution in [1.29, 1.82) is 0 Å². The first-order chi connectivity index (χ1) is 10.9. The average Bonchev–Trinajstić information content (AvgIpc) is 3.18. The molecule has 0 unspecified atom stereocenters. The number of benzene rings is 1. The van der Waals surface area contributed by atoms with Gasteiger partial charge in [0.25, 0.3) is 5.91 Å². The molecule has 0 aliphatic rings. The molecular weight excluding hydrogens is 336 g/mol. The van der Waals surface area contributed by atoms with Crippen LogP contribution in [-0.4, -0.2) is 25.7 Å². The van der Waals surface area contributed by atoms with Gasteiger partial charge in [-0.15, -0.1) is 11.3 Å². The summed E-state index contributed by atoms with van der Waals surface area (Å²) in [5, 5.41) is 8.24. The molecule has 0 radical (unpaired) electrons. The van der Waals surface area contributed by atoms with Crippen molar-refractivity contribution in [3.05, 3.63) is 53.5 Å². The maximum Gasteiger partial charge on any atom is 0.277 e. The molecule has 1 amide bonds. The van der Waals surface area contributed by atoms with Crippen molar-refractivity contribution in [1.82, 2.24) is 5.16 Å². The van der Waals surface area contributed by atoms with Crippen LogP contribution in [0, 0.1) is 0 Å². The number of anilines is 1. The standard InChI is InChI=1S/C15H12N2O4S2/c1-23(19,20)11-5-2-4-10(8-11)16-15(18)12-9-13(21-17-12)14-6-3-7-22-14/h2-9H,1H3,(H,16,18). The van der Waals surface area contributed by atoms with E-state index in [2.05, 4.69) is 10.5 Å². The minimum atomic E-state index is -3.34. The molecule has 6 nitrogen and oxygen atoms in total. The summed E-state index contributed by atoms with van der Waals surface area (Å²) in [5.41, 5.74) is 0.497. The molecule has 23 heavy (non-hydrogen) atoms. The number of rotatable bonds is 4. The summed E-state index contributed by atoms with van der Waals surface area (Å²) < 4.78 is 28.2. The van der Waals surface area contributed by atoms with Crippen molar-refractivity contribution in [2.75, 3.05) is 11.6 Å². The molecule has 118 valence electrons. The Morgan fingerprint density at radius 1 is 1.22 bits per heavy atom. The van der Waals surface area contributed by atoms with Crippen molar-refractivity contribution in [3.8, 4) is 10.6 Å². The summed E-state index contributed by atoms with van der Waals surface area (Å²) in [6.45, 7) is 0. The summed E-state index contributed by atoms with van der Waals surface area (Å²) in [4.78, 5) is 13.2. The SMILES string of the molecule is CS(=O)(=O)c1cccc(NC(=O)c2cc(-c3cccs3)on2)c1. The summed E-state index contributed by atoms with van der Waals surface area (Å²) in [7, 11) is -3.34. The Balaban J connectivity index is 1.80. The number of nitrogens with zero attached hydrogens (tertiary/aromatic N) is 1. The number of carbonyl (C=O) groups excluding carboxylic acids is 1. The molecule has 0 aliphatic heterocycles. The molecule has 0 saturated heterocycles. The van der Waals surface area contributed by atoms with Crippen molar-refractivity contribution in [2.24, 2.45) is 0 Å². The van der Waals surface area contributed by atoms with Crippen LogP contribution in [0.3, 0.4) is 0 Å². The lowest BCUT2D eigenvalue weighted by atomic mass is 10.3. The number of hydrogen-bond donors (Lipinski definition) is 1. The van der Waals surface area contributed by atoms with E-state index in [0.29, 0.717) is 11.4 Å². The summed E-state index contributed by atoms with van der Waals surface area (Å²) in [6, 6.07) is 11.3. The average molecular weight is 348 g/mol. The predicted molar refractivity (Wildman–Crippen MR) is 87.3 cm³/mol. The molecule has 1 aromatic carbocycles. The third kappa shape index (κ3) is 3.49. The molecule has 3 rings (SSSR count). The highest BCUT2D eigenvalue weighted by atomic mass is 32.2. The number of carbonyl (C=O) groups is 1. The van der Waals surface area contributed by atoms with Gasteiger partial charge in [-0.05, 0) is 29.6 Å².